The van der Waals surface area contributed by atoms with Crippen molar-refractivity contribution in [1.82, 2.24) is 48.9 Å². The molecule has 44 heavy (non-hydrogen) atoms. The maximum absolute atomic E-state index is 11.0. The summed E-state index contributed by atoms with van der Waals surface area (Å²) in [5, 5.41) is 2.32. The third-order valence-corrected chi connectivity index (χ3v) is 5.58. The van der Waals surface area contributed by atoms with Crippen LogP contribution in [0.15, 0.2) is 48.4 Å². The Bertz CT molecular complexity index is 1700. The van der Waals surface area contributed by atoms with E-state index in [1.54, 1.807) is 47.0 Å². The lowest BCUT2D eigenvalue weighted by Crippen LogP contribution is -2.22. The normalized spacial score (nSPS) is 9.36. The molecule has 0 radical (unpaired) electrons. The van der Waals surface area contributed by atoms with E-state index in [1.807, 2.05) is 19.1 Å². The third kappa shape index (κ3) is 12.0. The number of carbonyl (C=O) groups is 1. The SMILES string of the molecule is C.CNNC.Cn1c(N)c(N)c(=O)n1C.Cn1c(N)cc(=O)n1C.Cn1c(NC(N)=O)cc(=O)n1C.O=c1cc[nH]c(=O)[nH]1. The Morgan fingerprint density at radius 3 is 1.45 bits per heavy atom. The molecular weight excluding hydrogens is 582 g/mol. The number of H-pyrrole nitrogens is 2. The first-order valence-electron chi connectivity index (χ1n) is 12.1. The Labute approximate surface area is 251 Å². The highest BCUT2D eigenvalue weighted by Crippen LogP contribution is 2.05. The van der Waals surface area contributed by atoms with E-state index < -0.39 is 11.7 Å². The quantitative estimate of drug-likeness (QED) is 0.0980. The van der Waals surface area contributed by atoms with E-state index in [1.165, 1.54) is 47.8 Å². The molecule has 21 heteroatoms. The predicted molar refractivity (Wildman–Crippen MR) is 171 cm³/mol. The van der Waals surface area contributed by atoms with E-state index in [9.17, 15) is 28.8 Å². The maximum Gasteiger partial charge on any atom is 0.325 e. The van der Waals surface area contributed by atoms with E-state index >= 15 is 0 Å². The number of urea groups is 1. The van der Waals surface area contributed by atoms with Gasteiger partial charge in [0.05, 0.1) is 0 Å². The molecule has 2 amide bonds. The average Bonchev–Trinajstić information content (AvgIpc) is 3.40. The van der Waals surface area contributed by atoms with Crippen LogP contribution in [0, 0.1) is 0 Å². The van der Waals surface area contributed by atoms with Crippen LogP contribution in [0.1, 0.15) is 7.43 Å². The number of aromatic nitrogens is 8. The van der Waals surface area contributed by atoms with Crippen LogP contribution in [0.5, 0.6) is 0 Å². The van der Waals surface area contributed by atoms with Gasteiger partial charge in [-0.25, -0.2) is 9.59 Å². The number of aromatic amines is 2. The van der Waals surface area contributed by atoms with Gasteiger partial charge in [-0.3, -0.25) is 68.4 Å². The topological polar surface area (TPSA) is 304 Å². The molecule has 4 heterocycles. The summed E-state index contributed by atoms with van der Waals surface area (Å²) in [6, 6.07) is 3.24. The van der Waals surface area contributed by atoms with Crippen molar-refractivity contribution in [3.8, 4) is 0 Å². The van der Waals surface area contributed by atoms with E-state index in [0.717, 1.165) is 0 Å². The molecule has 4 aromatic rings. The van der Waals surface area contributed by atoms with Gasteiger partial charge in [0.15, 0.2) is 0 Å². The lowest BCUT2D eigenvalue weighted by molar-refractivity contribution is 0.259. The lowest BCUT2D eigenvalue weighted by atomic mass is 10.5. The van der Waals surface area contributed by atoms with Crippen LogP contribution in [-0.2, 0) is 42.3 Å². The summed E-state index contributed by atoms with van der Waals surface area (Å²) < 4.78 is 8.72. The fourth-order valence-corrected chi connectivity index (χ4v) is 2.63. The van der Waals surface area contributed by atoms with Crippen molar-refractivity contribution in [2.45, 2.75) is 7.43 Å². The van der Waals surface area contributed by atoms with Gasteiger partial charge in [0.1, 0.15) is 23.1 Å². The second-order valence-electron chi connectivity index (χ2n) is 8.31. The van der Waals surface area contributed by atoms with Crippen LogP contribution in [0.25, 0.3) is 0 Å². The summed E-state index contributed by atoms with van der Waals surface area (Å²) in [4.78, 5) is 67.7. The second kappa shape index (κ2) is 18.7. The smallest absolute Gasteiger partial charge is 0.325 e. The Morgan fingerprint density at radius 1 is 0.750 bits per heavy atom. The summed E-state index contributed by atoms with van der Waals surface area (Å²) in [5.74, 6) is 1.19. The molecule has 0 aromatic carbocycles. The fourth-order valence-electron chi connectivity index (χ4n) is 2.63. The zero-order valence-electron chi connectivity index (χ0n) is 25.3. The van der Waals surface area contributed by atoms with Crippen LogP contribution >= 0.6 is 0 Å². The Kier molecular flexibility index (Phi) is 17.2. The molecule has 0 fully saturated rings. The maximum atomic E-state index is 11.0. The highest BCUT2D eigenvalue weighted by Gasteiger charge is 2.08. The molecule has 0 unspecified atom stereocenters. The number of hydrogen-bond acceptors (Lipinski definition) is 11. The lowest BCUT2D eigenvalue weighted by Gasteiger charge is -2.04. The van der Waals surface area contributed by atoms with Crippen LogP contribution in [0.4, 0.5) is 27.9 Å². The standard InChI is InChI=1S/C6H10N4O2.C5H10N4O.C5H9N3O.C4H4N2O2.C2H8N2.CH4/c1-9-4(8-6(7)12)3-5(11)10(9)2;1-8-4(7)3(6)5(10)9(8)2;1-7-4(6)3-5(9)8(7)2;7-3-1-2-5-4(8)6-3;1-3-4-2;/h3H,1-2H3,(H3,7,8,12);6-7H2,1-2H3;3H,6H2,1-2H3;1-2H,(H2,5,6,7,8);3-4H,1-2H3;1H4. The largest absolute Gasteiger partial charge is 0.391 e. The van der Waals surface area contributed by atoms with Gasteiger partial charge in [0.2, 0.25) is 0 Å². The molecule has 21 nitrogen and oxygen atoms in total. The van der Waals surface area contributed by atoms with Crippen molar-refractivity contribution in [2.24, 2.45) is 48.0 Å². The van der Waals surface area contributed by atoms with Crippen molar-refractivity contribution in [3.63, 3.8) is 0 Å². The molecule has 0 atom stereocenters. The number of rotatable bonds is 2. The minimum absolute atomic E-state index is 0. The Hall–Kier alpha value is -5.70. The number of hydrogen-bond donors (Lipinski definition) is 9. The average molecular weight is 628 g/mol. The summed E-state index contributed by atoms with van der Waals surface area (Å²) >= 11 is 0. The van der Waals surface area contributed by atoms with E-state index in [4.69, 9.17) is 22.9 Å². The highest BCUT2D eigenvalue weighted by atomic mass is 16.2. The van der Waals surface area contributed by atoms with Crippen LogP contribution < -0.4 is 67.0 Å². The molecule has 4 aromatic heterocycles. The molecule has 4 rings (SSSR count). The van der Waals surface area contributed by atoms with Crippen LogP contribution in [-0.4, -0.2) is 58.2 Å². The van der Waals surface area contributed by atoms with Gasteiger partial charge < -0.3 is 27.9 Å². The number of nitrogen functional groups attached to an aromatic ring is 3. The molecular formula is C23H45N15O6. The zero-order chi connectivity index (χ0) is 33.6. The third-order valence-electron chi connectivity index (χ3n) is 5.58. The molecule has 0 saturated carbocycles. The number of nitrogens with zero attached hydrogens (tertiary/aromatic N) is 6. The molecule has 0 spiro atoms. The minimum Gasteiger partial charge on any atom is -0.391 e. The molecule has 0 bridgehead atoms. The Morgan fingerprint density at radius 2 is 1.25 bits per heavy atom. The van der Waals surface area contributed by atoms with Gasteiger partial charge in [-0.1, -0.05) is 7.43 Å². The second-order valence-corrected chi connectivity index (χ2v) is 8.31. The first kappa shape index (κ1) is 40.4. The summed E-state index contributed by atoms with van der Waals surface area (Å²) in [6.45, 7) is 0. The Balaban J connectivity index is 0. The van der Waals surface area contributed by atoms with E-state index in [0.29, 0.717) is 17.5 Å². The number of carbonyl (C=O) groups excluding carboxylic acids is 1. The monoisotopic (exact) mass is 627 g/mol. The van der Waals surface area contributed by atoms with Gasteiger partial charge in [0.25, 0.3) is 22.2 Å². The van der Waals surface area contributed by atoms with Crippen molar-refractivity contribution >= 4 is 29.2 Å². The highest BCUT2D eigenvalue weighted by molar-refractivity contribution is 5.86. The first-order chi connectivity index (χ1) is 19.9. The zero-order valence-corrected chi connectivity index (χ0v) is 25.3. The number of hydrazine groups is 1. The first-order valence-corrected chi connectivity index (χ1v) is 12.1. The van der Waals surface area contributed by atoms with Crippen LogP contribution in [0.3, 0.4) is 0 Å². The van der Waals surface area contributed by atoms with Crippen molar-refractivity contribution in [3.05, 3.63) is 76.3 Å². The molecule has 0 saturated heterocycles. The predicted octanol–water partition coefficient (Wildman–Crippen LogP) is -3.55. The fraction of sp³-hybridized carbons (Fsp3) is 0.391. The van der Waals surface area contributed by atoms with E-state index in [2.05, 4.69) is 21.2 Å². The van der Waals surface area contributed by atoms with Gasteiger partial charge in [-0.2, -0.15) is 0 Å². The molecule has 0 aliphatic heterocycles. The van der Waals surface area contributed by atoms with Crippen molar-refractivity contribution in [1.29, 1.82) is 0 Å². The molecule has 13 N–H and O–H groups in total. The number of amides is 2. The summed E-state index contributed by atoms with van der Waals surface area (Å²) in [7, 11) is 13.6. The summed E-state index contributed by atoms with van der Waals surface area (Å²) in [6.07, 6.45) is 1.29. The summed E-state index contributed by atoms with van der Waals surface area (Å²) in [5.41, 5.74) is 25.1. The van der Waals surface area contributed by atoms with Crippen molar-refractivity contribution < 1.29 is 4.79 Å². The van der Waals surface area contributed by atoms with Gasteiger partial charge in [-0.05, 0) is 14.1 Å². The van der Waals surface area contributed by atoms with Gasteiger partial charge in [-0.15, -0.1) is 0 Å². The molecule has 0 aliphatic carbocycles. The number of nitrogens with one attached hydrogen (secondary N) is 5. The molecule has 248 valence electrons. The van der Waals surface area contributed by atoms with E-state index in [-0.39, 0.29) is 35.4 Å². The minimum atomic E-state index is -0.684. The van der Waals surface area contributed by atoms with Gasteiger partial charge >= 0.3 is 11.7 Å². The van der Waals surface area contributed by atoms with Crippen molar-refractivity contribution in [2.75, 3.05) is 36.6 Å². The molecule has 0 aliphatic rings. The number of anilines is 4. The number of nitrogens with two attached hydrogens (primary N) is 4. The van der Waals surface area contributed by atoms with Crippen LogP contribution in [0.2, 0.25) is 0 Å². The van der Waals surface area contributed by atoms with Gasteiger partial charge in [0, 0.05) is 66.7 Å². The number of primary amides is 1.